The van der Waals surface area contributed by atoms with Gasteiger partial charge in [0.25, 0.3) is 0 Å². The van der Waals surface area contributed by atoms with Crippen molar-refractivity contribution in [2.75, 3.05) is 12.4 Å². The number of ether oxygens (including phenoxy) is 2. The highest BCUT2D eigenvalue weighted by molar-refractivity contribution is 5.92. The number of hydrogen-bond acceptors (Lipinski definition) is 4. The number of nitrogens with one attached hydrogen (secondary N) is 1. The van der Waals surface area contributed by atoms with Gasteiger partial charge in [0, 0.05) is 11.8 Å². The summed E-state index contributed by atoms with van der Waals surface area (Å²) in [6, 6.07) is 12.6. The second-order valence-electron chi connectivity index (χ2n) is 4.28. The Morgan fingerprint density at radius 1 is 1.23 bits per heavy atom. The van der Waals surface area contributed by atoms with Crippen LogP contribution in [0.4, 0.5) is 10.1 Å². The fourth-order valence-corrected chi connectivity index (χ4v) is 1.76. The molecule has 0 atom stereocenters. The van der Waals surface area contributed by atoms with Gasteiger partial charge in [0.05, 0.1) is 13.2 Å². The third kappa shape index (κ3) is 3.73. The summed E-state index contributed by atoms with van der Waals surface area (Å²) in [4.78, 5) is 11.3. The molecule has 0 saturated heterocycles. The molecule has 6 heteroatoms. The number of halogens is 1. The van der Waals surface area contributed by atoms with Gasteiger partial charge in [-0.05, 0) is 24.3 Å². The molecule has 0 spiro atoms. The van der Waals surface area contributed by atoms with E-state index in [1.807, 2.05) is 0 Å². The van der Waals surface area contributed by atoms with Crippen LogP contribution in [0.5, 0.6) is 17.2 Å². The lowest BCUT2D eigenvalue weighted by Gasteiger charge is -2.11. The Labute approximate surface area is 126 Å². The maximum atomic E-state index is 14.0. The van der Waals surface area contributed by atoms with Crippen LogP contribution < -0.4 is 14.8 Å². The predicted octanol–water partition coefficient (Wildman–Crippen LogP) is 3.48. The lowest BCUT2D eigenvalue weighted by atomic mass is 10.2. The molecule has 0 aromatic heterocycles. The Bertz CT molecular complexity index is 726. The third-order valence-electron chi connectivity index (χ3n) is 2.74. The largest absolute Gasteiger partial charge is 0.493 e. The van der Waals surface area contributed by atoms with E-state index in [0.29, 0.717) is 11.5 Å². The van der Waals surface area contributed by atoms with Gasteiger partial charge >= 0.3 is 0 Å². The van der Waals surface area contributed by atoms with Crippen molar-refractivity contribution in [3.8, 4) is 23.3 Å². The number of carbonyl (C=O) groups is 1. The highest BCUT2D eigenvalue weighted by atomic mass is 19.1. The SMILES string of the molecule is COc1ccccc1Oc1ccc(NC(=O)CC#N)cc1F. The normalized spacial score (nSPS) is 9.68. The van der Waals surface area contributed by atoms with E-state index in [0.717, 1.165) is 6.07 Å². The maximum Gasteiger partial charge on any atom is 0.238 e. The van der Waals surface area contributed by atoms with Crippen LogP contribution in [0.15, 0.2) is 42.5 Å². The van der Waals surface area contributed by atoms with E-state index in [-0.39, 0.29) is 17.9 Å². The molecule has 22 heavy (non-hydrogen) atoms. The molecule has 0 aliphatic rings. The van der Waals surface area contributed by atoms with E-state index >= 15 is 0 Å². The third-order valence-corrected chi connectivity index (χ3v) is 2.74. The quantitative estimate of drug-likeness (QED) is 0.917. The Kier molecular flexibility index (Phi) is 4.94. The molecule has 1 N–H and O–H groups in total. The molecule has 5 nitrogen and oxygen atoms in total. The topological polar surface area (TPSA) is 71.3 Å². The molecule has 0 fully saturated rings. The molecule has 0 unspecified atom stereocenters. The highest BCUT2D eigenvalue weighted by Crippen LogP contribution is 2.33. The fraction of sp³-hybridized carbons (Fsp3) is 0.125. The molecule has 0 saturated carbocycles. The molecule has 0 aliphatic heterocycles. The summed E-state index contributed by atoms with van der Waals surface area (Å²) in [7, 11) is 1.49. The van der Waals surface area contributed by atoms with Crippen molar-refractivity contribution in [1.82, 2.24) is 0 Å². The zero-order valence-corrected chi connectivity index (χ0v) is 11.8. The minimum atomic E-state index is -0.638. The Morgan fingerprint density at radius 2 is 1.95 bits per heavy atom. The zero-order valence-electron chi connectivity index (χ0n) is 11.8. The molecule has 0 heterocycles. The minimum Gasteiger partial charge on any atom is -0.493 e. The molecule has 0 aliphatic carbocycles. The van der Waals surface area contributed by atoms with Gasteiger partial charge in [0.2, 0.25) is 5.91 Å². The number of rotatable bonds is 5. The van der Waals surface area contributed by atoms with E-state index in [4.69, 9.17) is 14.7 Å². The van der Waals surface area contributed by atoms with Crippen LogP contribution in [-0.2, 0) is 4.79 Å². The summed E-state index contributed by atoms with van der Waals surface area (Å²) < 4.78 is 24.6. The van der Waals surface area contributed by atoms with E-state index in [1.165, 1.54) is 19.2 Å². The monoisotopic (exact) mass is 300 g/mol. The molecule has 112 valence electrons. The fourth-order valence-electron chi connectivity index (χ4n) is 1.76. The van der Waals surface area contributed by atoms with Crippen molar-refractivity contribution < 1.29 is 18.7 Å². The van der Waals surface area contributed by atoms with Crippen LogP contribution in [-0.4, -0.2) is 13.0 Å². The van der Waals surface area contributed by atoms with Crippen molar-refractivity contribution in [3.63, 3.8) is 0 Å². The van der Waals surface area contributed by atoms with Gasteiger partial charge in [-0.2, -0.15) is 5.26 Å². The summed E-state index contributed by atoms with van der Waals surface area (Å²) in [5, 5.41) is 10.8. The molecule has 0 radical (unpaired) electrons. The summed E-state index contributed by atoms with van der Waals surface area (Å²) in [6.45, 7) is 0. The van der Waals surface area contributed by atoms with Crippen LogP contribution in [0.2, 0.25) is 0 Å². The predicted molar refractivity (Wildman–Crippen MR) is 78.3 cm³/mol. The number of para-hydroxylation sites is 2. The number of carbonyl (C=O) groups excluding carboxylic acids is 1. The molecule has 2 aromatic rings. The summed E-state index contributed by atoms with van der Waals surface area (Å²) in [6.07, 6.45) is -0.291. The summed E-state index contributed by atoms with van der Waals surface area (Å²) in [5.41, 5.74) is 0.255. The first kappa shape index (κ1) is 15.3. The Morgan fingerprint density at radius 3 is 2.59 bits per heavy atom. The minimum absolute atomic E-state index is 0.00258. The molecule has 2 rings (SSSR count). The summed E-state index contributed by atoms with van der Waals surface area (Å²) >= 11 is 0. The van der Waals surface area contributed by atoms with Crippen molar-refractivity contribution in [2.45, 2.75) is 6.42 Å². The van der Waals surface area contributed by atoms with Crippen LogP contribution in [0.1, 0.15) is 6.42 Å². The zero-order chi connectivity index (χ0) is 15.9. The lowest BCUT2D eigenvalue weighted by Crippen LogP contribution is -2.10. The van der Waals surface area contributed by atoms with Gasteiger partial charge in [-0.15, -0.1) is 0 Å². The average Bonchev–Trinajstić information content (AvgIpc) is 2.50. The number of nitrogens with zero attached hydrogens (tertiary/aromatic N) is 1. The van der Waals surface area contributed by atoms with Gasteiger partial charge in [0.15, 0.2) is 23.1 Å². The lowest BCUT2D eigenvalue weighted by molar-refractivity contribution is -0.115. The first-order chi connectivity index (χ1) is 10.6. The number of anilines is 1. The number of benzene rings is 2. The smallest absolute Gasteiger partial charge is 0.238 e. The first-order valence-electron chi connectivity index (χ1n) is 6.41. The molecular formula is C16H13FN2O3. The number of methoxy groups -OCH3 is 1. The van der Waals surface area contributed by atoms with E-state index in [9.17, 15) is 9.18 Å². The van der Waals surface area contributed by atoms with Crippen molar-refractivity contribution in [3.05, 3.63) is 48.3 Å². The second-order valence-corrected chi connectivity index (χ2v) is 4.28. The number of nitriles is 1. The second kappa shape index (κ2) is 7.09. The molecule has 2 aromatic carbocycles. The van der Waals surface area contributed by atoms with E-state index in [2.05, 4.69) is 5.32 Å². The van der Waals surface area contributed by atoms with E-state index < -0.39 is 11.7 Å². The van der Waals surface area contributed by atoms with Crippen molar-refractivity contribution in [1.29, 1.82) is 5.26 Å². The molecule has 0 bridgehead atoms. The first-order valence-corrected chi connectivity index (χ1v) is 6.41. The maximum absolute atomic E-state index is 14.0. The van der Waals surface area contributed by atoms with Gasteiger partial charge in [-0.3, -0.25) is 4.79 Å². The van der Waals surface area contributed by atoms with Gasteiger partial charge < -0.3 is 14.8 Å². The van der Waals surface area contributed by atoms with Crippen LogP contribution >= 0.6 is 0 Å². The number of hydrogen-bond donors (Lipinski definition) is 1. The Hall–Kier alpha value is -3.07. The molecular weight excluding hydrogens is 287 g/mol. The van der Waals surface area contributed by atoms with Gasteiger partial charge in [0.1, 0.15) is 6.42 Å². The van der Waals surface area contributed by atoms with Crippen molar-refractivity contribution >= 4 is 11.6 Å². The van der Waals surface area contributed by atoms with Gasteiger partial charge in [-0.1, -0.05) is 12.1 Å². The standard InChI is InChI=1S/C16H13FN2O3/c1-21-14-4-2-3-5-15(14)22-13-7-6-11(10-12(13)17)19-16(20)8-9-18/h2-7,10H,8H2,1H3,(H,19,20). The van der Waals surface area contributed by atoms with Crippen LogP contribution in [0.3, 0.4) is 0 Å². The van der Waals surface area contributed by atoms with Crippen molar-refractivity contribution in [2.24, 2.45) is 0 Å². The average molecular weight is 300 g/mol. The Balaban J connectivity index is 2.16. The van der Waals surface area contributed by atoms with Gasteiger partial charge in [-0.25, -0.2) is 4.39 Å². The van der Waals surface area contributed by atoms with Crippen LogP contribution in [0, 0.1) is 17.1 Å². The van der Waals surface area contributed by atoms with Crippen LogP contribution in [0.25, 0.3) is 0 Å². The summed E-state index contributed by atoms with van der Waals surface area (Å²) in [5.74, 6) is -0.276. The molecule has 1 amide bonds. The van der Waals surface area contributed by atoms with E-state index in [1.54, 1.807) is 30.3 Å². The highest BCUT2D eigenvalue weighted by Gasteiger charge is 2.10. The number of amides is 1.